The topological polar surface area (TPSA) is 73.9 Å². The van der Waals surface area contributed by atoms with Crippen LogP contribution < -0.4 is 14.8 Å². The lowest BCUT2D eigenvalue weighted by Crippen LogP contribution is -2.42. The molecule has 1 aromatic heterocycles. The SMILES string of the molecule is O=C(COC(=O)c1csc2c1CCCC2)NC[C@H]1COc2ccccc2O1. The molecule has 4 rings (SSSR count). The van der Waals surface area contributed by atoms with E-state index in [1.165, 1.54) is 11.3 Å². The summed E-state index contributed by atoms with van der Waals surface area (Å²) in [6.07, 6.45) is 3.93. The van der Waals surface area contributed by atoms with Crippen molar-refractivity contribution in [3.05, 3.63) is 45.6 Å². The minimum absolute atomic E-state index is 0.275. The Morgan fingerprint density at radius 1 is 1.19 bits per heavy atom. The number of rotatable bonds is 5. The van der Waals surface area contributed by atoms with Crippen molar-refractivity contribution in [2.45, 2.75) is 31.8 Å². The second kappa shape index (κ2) is 8.00. The second-order valence-electron chi connectivity index (χ2n) is 6.64. The number of thiophene rings is 1. The molecule has 0 saturated heterocycles. The summed E-state index contributed by atoms with van der Waals surface area (Å²) in [6.45, 7) is 0.351. The maximum Gasteiger partial charge on any atom is 0.339 e. The van der Waals surface area contributed by atoms with Crippen LogP contribution in [-0.4, -0.2) is 37.7 Å². The van der Waals surface area contributed by atoms with E-state index >= 15 is 0 Å². The molecule has 6 nitrogen and oxygen atoms in total. The molecule has 27 heavy (non-hydrogen) atoms. The van der Waals surface area contributed by atoms with Crippen molar-refractivity contribution in [3.63, 3.8) is 0 Å². The van der Waals surface area contributed by atoms with Crippen LogP contribution in [0.25, 0.3) is 0 Å². The Bertz CT molecular complexity index is 847. The average Bonchev–Trinajstić information content (AvgIpc) is 3.14. The van der Waals surface area contributed by atoms with Gasteiger partial charge in [0.25, 0.3) is 5.91 Å². The molecule has 0 bridgehead atoms. The number of hydrogen-bond acceptors (Lipinski definition) is 6. The lowest BCUT2D eigenvalue weighted by molar-refractivity contribution is -0.124. The highest BCUT2D eigenvalue weighted by atomic mass is 32.1. The molecule has 142 valence electrons. The molecule has 0 unspecified atom stereocenters. The van der Waals surface area contributed by atoms with E-state index in [9.17, 15) is 9.59 Å². The van der Waals surface area contributed by atoms with Crippen LogP contribution in [0.4, 0.5) is 0 Å². The number of amides is 1. The Morgan fingerprint density at radius 2 is 2.00 bits per heavy atom. The van der Waals surface area contributed by atoms with Gasteiger partial charge in [-0.15, -0.1) is 11.3 Å². The van der Waals surface area contributed by atoms with Crippen molar-refractivity contribution in [1.82, 2.24) is 5.32 Å². The Kier molecular flexibility index (Phi) is 5.29. The van der Waals surface area contributed by atoms with E-state index in [2.05, 4.69) is 5.32 Å². The summed E-state index contributed by atoms with van der Waals surface area (Å²) in [5, 5.41) is 4.58. The lowest BCUT2D eigenvalue weighted by atomic mass is 9.96. The first-order chi connectivity index (χ1) is 13.2. The molecule has 7 heteroatoms. The molecule has 2 heterocycles. The van der Waals surface area contributed by atoms with E-state index in [0.29, 0.717) is 30.2 Å². The first-order valence-electron chi connectivity index (χ1n) is 9.12. The van der Waals surface area contributed by atoms with E-state index in [1.807, 2.05) is 29.6 Å². The Labute approximate surface area is 161 Å². The quantitative estimate of drug-likeness (QED) is 0.799. The van der Waals surface area contributed by atoms with Crippen LogP contribution >= 0.6 is 11.3 Å². The summed E-state index contributed by atoms with van der Waals surface area (Å²) < 4.78 is 16.6. The Morgan fingerprint density at radius 3 is 2.89 bits per heavy atom. The number of fused-ring (bicyclic) bond motifs is 2. The predicted molar refractivity (Wildman–Crippen MR) is 101 cm³/mol. The fourth-order valence-electron chi connectivity index (χ4n) is 3.32. The minimum Gasteiger partial charge on any atom is -0.486 e. The molecular weight excluding hydrogens is 366 g/mol. The van der Waals surface area contributed by atoms with Crippen molar-refractivity contribution in [3.8, 4) is 11.5 Å². The molecular formula is C20H21NO5S. The first kappa shape index (κ1) is 17.9. The largest absolute Gasteiger partial charge is 0.486 e. The summed E-state index contributed by atoms with van der Waals surface area (Å²) >= 11 is 1.61. The predicted octanol–water partition coefficient (Wildman–Crippen LogP) is 2.74. The molecule has 2 aliphatic rings. The summed E-state index contributed by atoms with van der Waals surface area (Å²) in [4.78, 5) is 25.6. The third-order valence-corrected chi connectivity index (χ3v) is 5.80. The van der Waals surface area contributed by atoms with Gasteiger partial charge in [-0.1, -0.05) is 12.1 Å². The number of para-hydroxylation sites is 2. The molecule has 1 aromatic carbocycles. The van der Waals surface area contributed by atoms with Gasteiger partial charge in [0.05, 0.1) is 12.1 Å². The number of carbonyl (C=O) groups is 2. The zero-order chi connectivity index (χ0) is 18.6. The van der Waals surface area contributed by atoms with E-state index in [4.69, 9.17) is 14.2 Å². The highest BCUT2D eigenvalue weighted by Gasteiger charge is 2.23. The van der Waals surface area contributed by atoms with Crippen LogP contribution in [0.1, 0.15) is 33.6 Å². The highest BCUT2D eigenvalue weighted by molar-refractivity contribution is 7.10. The monoisotopic (exact) mass is 387 g/mol. The van der Waals surface area contributed by atoms with E-state index in [1.54, 1.807) is 11.3 Å². The van der Waals surface area contributed by atoms with Gasteiger partial charge < -0.3 is 19.5 Å². The van der Waals surface area contributed by atoms with Gasteiger partial charge in [-0.05, 0) is 43.4 Å². The number of aryl methyl sites for hydroxylation is 1. The molecule has 1 aliphatic heterocycles. The van der Waals surface area contributed by atoms with Gasteiger partial charge in [0.2, 0.25) is 0 Å². The Balaban J connectivity index is 1.23. The van der Waals surface area contributed by atoms with Gasteiger partial charge in [0, 0.05) is 10.3 Å². The third kappa shape index (κ3) is 4.08. The lowest BCUT2D eigenvalue weighted by Gasteiger charge is -2.26. The normalized spacial score (nSPS) is 17.7. The zero-order valence-electron chi connectivity index (χ0n) is 14.9. The molecule has 0 fully saturated rings. The molecule has 1 N–H and O–H groups in total. The standard InChI is InChI=1S/C20H21NO5S/c22-19(21-9-13-10-24-16-6-2-3-7-17(16)26-13)11-25-20(23)15-12-27-18-8-4-1-5-14(15)18/h2-3,6-7,12-13H,1,4-5,8-11H2,(H,21,22)/t13-/m0/s1. The van der Waals surface area contributed by atoms with E-state index < -0.39 is 5.97 Å². The van der Waals surface area contributed by atoms with E-state index in [0.717, 1.165) is 24.8 Å². The molecule has 2 aromatic rings. The summed E-state index contributed by atoms with van der Waals surface area (Å²) in [6, 6.07) is 7.41. The molecule has 0 radical (unpaired) electrons. The maximum absolute atomic E-state index is 12.3. The van der Waals surface area contributed by atoms with Gasteiger partial charge in [0.15, 0.2) is 18.1 Å². The van der Waals surface area contributed by atoms with Crippen molar-refractivity contribution in [2.24, 2.45) is 0 Å². The summed E-state index contributed by atoms with van der Waals surface area (Å²) in [7, 11) is 0. The van der Waals surface area contributed by atoms with Gasteiger partial charge in [-0.3, -0.25) is 4.79 Å². The van der Waals surface area contributed by atoms with Crippen LogP contribution in [0, 0.1) is 0 Å². The van der Waals surface area contributed by atoms with Crippen LogP contribution in [0.15, 0.2) is 29.6 Å². The number of esters is 1. The molecule has 1 aliphatic carbocycles. The number of ether oxygens (including phenoxy) is 3. The average molecular weight is 387 g/mol. The van der Waals surface area contributed by atoms with Gasteiger partial charge in [-0.25, -0.2) is 4.79 Å². The van der Waals surface area contributed by atoms with Gasteiger partial charge in [-0.2, -0.15) is 0 Å². The minimum atomic E-state index is -0.421. The maximum atomic E-state index is 12.3. The molecule has 0 spiro atoms. The third-order valence-electron chi connectivity index (χ3n) is 4.71. The number of hydrogen-bond donors (Lipinski definition) is 1. The first-order valence-corrected chi connectivity index (χ1v) is 10.00. The fraction of sp³-hybridized carbons (Fsp3) is 0.400. The molecule has 0 saturated carbocycles. The van der Waals surface area contributed by atoms with Gasteiger partial charge >= 0.3 is 5.97 Å². The number of benzene rings is 1. The number of carbonyl (C=O) groups excluding carboxylic acids is 2. The van der Waals surface area contributed by atoms with Gasteiger partial charge in [0.1, 0.15) is 12.7 Å². The highest BCUT2D eigenvalue weighted by Crippen LogP contribution is 2.31. The van der Waals surface area contributed by atoms with Crippen molar-refractivity contribution in [1.29, 1.82) is 0 Å². The zero-order valence-corrected chi connectivity index (χ0v) is 15.7. The summed E-state index contributed by atoms with van der Waals surface area (Å²) in [5.41, 5.74) is 1.71. The van der Waals surface area contributed by atoms with E-state index in [-0.39, 0.29) is 18.6 Å². The van der Waals surface area contributed by atoms with Crippen LogP contribution in [0.2, 0.25) is 0 Å². The summed E-state index contributed by atoms with van der Waals surface area (Å²) in [5.74, 6) is 0.593. The second-order valence-corrected chi connectivity index (χ2v) is 7.60. The van der Waals surface area contributed by atoms with Crippen molar-refractivity contribution >= 4 is 23.2 Å². The fourth-order valence-corrected chi connectivity index (χ4v) is 4.43. The molecule has 1 amide bonds. The van der Waals surface area contributed by atoms with Crippen LogP contribution in [0.3, 0.4) is 0 Å². The van der Waals surface area contributed by atoms with Crippen molar-refractivity contribution < 1.29 is 23.8 Å². The van der Waals surface area contributed by atoms with Crippen LogP contribution in [-0.2, 0) is 22.4 Å². The smallest absolute Gasteiger partial charge is 0.339 e. The van der Waals surface area contributed by atoms with Crippen molar-refractivity contribution in [2.75, 3.05) is 19.8 Å². The number of nitrogens with one attached hydrogen (secondary N) is 1. The Hall–Kier alpha value is -2.54. The van der Waals surface area contributed by atoms with Crippen LogP contribution in [0.5, 0.6) is 11.5 Å². The molecule has 1 atom stereocenters.